The van der Waals surface area contributed by atoms with Gasteiger partial charge in [-0.15, -0.1) is 0 Å². The maximum atomic E-state index is 11.9. The Morgan fingerprint density at radius 2 is 2.06 bits per heavy atom. The van der Waals surface area contributed by atoms with Crippen molar-refractivity contribution >= 4 is 5.78 Å². The highest BCUT2D eigenvalue weighted by molar-refractivity contribution is 5.97. The molecule has 0 amide bonds. The summed E-state index contributed by atoms with van der Waals surface area (Å²) in [6.45, 7) is 2.87. The molecule has 0 atom stereocenters. The van der Waals surface area contributed by atoms with Gasteiger partial charge in [-0.3, -0.25) is 9.69 Å². The van der Waals surface area contributed by atoms with Gasteiger partial charge in [0, 0.05) is 18.7 Å². The second-order valence-electron chi connectivity index (χ2n) is 5.05. The third kappa shape index (κ3) is 4.59. The van der Waals surface area contributed by atoms with Crippen LogP contribution in [0.3, 0.4) is 0 Å². The minimum Gasteiger partial charge on any atom is -0.380 e. The first-order valence-corrected chi connectivity index (χ1v) is 6.60. The minimum atomic E-state index is 0.167. The molecule has 3 heteroatoms. The van der Waals surface area contributed by atoms with Crippen LogP contribution in [-0.4, -0.2) is 44.0 Å². The molecule has 1 aliphatic carbocycles. The summed E-state index contributed by atoms with van der Waals surface area (Å²) >= 11 is 0. The van der Waals surface area contributed by atoms with Crippen molar-refractivity contribution in [2.75, 3.05) is 33.4 Å². The largest absolute Gasteiger partial charge is 0.380 e. The normalized spacial score (nSPS) is 15.0. The van der Waals surface area contributed by atoms with Gasteiger partial charge >= 0.3 is 0 Å². The summed E-state index contributed by atoms with van der Waals surface area (Å²) in [5, 5.41) is 0. The summed E-state index contributed by atoms with van der Waals surface area (Å²) in [5.74, 6) is 0.974. The number of hydrogen-bond acceptors (Lipinski definition) is 3. The number of benzene rings is 1. The van der Waals surface area contributed by atoms with E-state index in [1.165, 1.54) is 12.8 Å². The standard InChI is InChI=1S/C15H21NO2/c1-16(9-10-18-12-13-7-8-13)11-15(17)14-5-3-2-4-6-14/h2-6,13H,7-12H2,1H3. The quantitative estimate of drug-likeness (QED) is 0.521. The van der Waals surface area contributed by atoms with Gasteiger partial charge in [-0.1, -0.05) is 30.3 Å². The van der Waals surface area contributed by atoms with E-state index in [-0.39, 0.29) is 5.78 Å². The molecule has 2 rings (SSSR count). The molecule has 0 aromatic heterocycles. The van der Waals surface area contributed by atoms with Crippen molar-refractivity contribution in [1.29, 1.82) is 0 Å². The Hall–Kier alpha value is -1.19. The monoisotopic (exact) mass is 247 g/mol. The molecule has 1 aromatic carbocycles. The predicted molar refractivity (Wildman–Crippen MR) is 71.8 cm³/mol. The molecule has 0 N–H and O–H groups in total. The first-order chi connectivity index (χ1) is 8.75. The summed E-state index contributed by atoms with van der Waals surface area (Å²) in [7, 11) is 1.96. The first-order valence-electron chi connectivity index (χ1n) is 6.60. The molecule has 1 aromatic rings. The average Bonchev–Trinajstić information content (AvgIpc) is 3.20. The Morgan fingerprint density at radius 1 is 1.33 bits per heavy atom. The van der Waals surface area contributed by atoms with Gasteiger partial charge in [-0.25, -0.2) is 0 Å². The van der Waals surface area contributed by atoms with E-state index in [0.29, 0.717) is 6.54 Å². The van der Waals surface area contributed by atoms with Crippen molar-refractivity contribution in [1.82, 2.24) is 4.90 Å². The topological polar surface area (TPSA) is 29.5 Å². The Morgan fingerprint density at radius 3 is 2.72 bits per heavy atom. The highest BCUT2D eigenvalue weighted by atomic mass is 16.5. The minimum absolute atomic E-state index is 0.167. The van der Waals surface area contributed by atoms with Crippen LogP contribution >= 0.6 is 0 Å². The van der Waals surface area contributed by atoms with Gasteiger partial charge in [-0.05, 0) is 25.8 Å². The van der Waals surface area contributed by atoms with Crippen LogP contribution in [0, 0.1) is 5.92 Å². The number of carbonyl (C=O) groups excluding carboxylic acids is 1. The summed E-state index contributed by atoms with van der Waals surface area (Å²) in [6.07, 6.45) is 2.64. The van der Waals surface area contributed by atoms with Gasteiger partial charge in [0.05, 0.1) is 13.2 Å². The number of rotatable bonds is 8. The van der Waals surface area contributed by atoms with Crippen LogP contribution in [0.25, 0.3) is 0 Å². The van der Waals surface area contributed by atoms with Crippen molar-refractivity contribution < 1.29 is 9.53 Å². The highest BCUT2D eigenvalue weighted by Crippen LogP contribution is 2.28. The number of likely N-dealkylation sites (N-methyl/N-ethyl adjacent to an activating group) is 1. The van der Waals surface area contributed by atoms with Crippen LogP contribution in [0.5, 0.6) is 0 Å². The van der Waals surface area contributed by atoms with Crippen LogP contribution in [-0.2, 0) is 4.74 Å². The molecular formula is C15H21NO2. The lowest BCUT2D eigenvalue weighted by Crippen LogP contribution is -2.29. The maximum absolute atomic E-state index is 11.9. The van der Waals surface area contributed by atoms with Crippen LogP contribution in [0.2, 0.25) is 0 Å². The molecule has 1 saturated carbocycles. The van der Waals surface area contributed by atoms with Crippen molar-refractivity contribution in [3.63, 3.8) is 0 Å². The smallest absolute Gasteiger partial charge is 0.176 e. The molecule has 0 heterocycles. The molecule has 98 valence electrons. The fraction of sp³-hybridized carbons (Fsp3) is 0.533. The number of ketones is 1. The zero-order chi connectivity index (χ0) is 12.8. The Balaban J connectivity index is 1.63. The molecule has 0 saturated heterocycles. The van der Waals surface area contributed by atoms with Gasteiger partial charge in [0.2, 0.25) is 0 Å². The second-order valence-corrected chi connectivity index (χ2v) is 5.05. The van der Waals surface area contributed by atoms with E-state index in [0.717, 1.165) is 31.2 Å². The third-order valence-electron chi connectivity index (χ3n) is 3.18. The first kappa shape index (κ1) is 13.2. The molecule has 0 spiro atoms. The predicted octanol–water partition coefficient (Wildman–Crippen LogP) is 2.23. The van der Waals surface area contributed by atoms with Crippen molar-refractivity contribution in [3.8, 4) is 0 Å². The van der Waals surface area contributed by atoms with Gasteiger partial charge < -0.3 is 4.74 Å². The van der Waals surface area contributed by atoms with E-state index in [1.807, 2.05) is 42.3 Å². The molecule has 18 heavy (non-hydrogen) atoms. The van der Waals surface area contributed by atoms with Gasteiger partial charge in [0.15, 0.2) is 5.78 Å². The Kier molecular flexibility index (Phi) is 4.90. The lowest BCUT2D eigenvalue weighted by atomic mass is 10.1. The van der Waals surface area contributed by atoms with Gasteiger partial charge in [-0.2, -0.15) is 0 Å². The van der Waals surface area contributed by atoms with Crippen molar-refractivity contribution in [2.45, 2.75) is 12.8 Å². The number of nitrogens with zero attached hydrogens (tertiary/aromatic N) is 1. The fourth-order valence-electron chi connectivity index (χ4n) is 1.79. The summed E-state index contributed by atoms with van der Waals surface area (Å²) in [5.41, 5.74) is 0.781. The van der Waals surface area contributed by atoms with Crippen LogP contribution in [0.1, 0.15) is 23.2 Å². The van der Waals surface area contributed by atoms with E-state index < -0.39 is 0 Å². The van der Waals surface area contributed by atoms with Crippen LogP contribution in [0.4, 0.5) is 0 Å². The van der Waals surface area contributed by atoms with Gasteiger partial charge in [0.1, 0.15) is 0 Å². The zero-order valence-electron chi connectivity index (χ0n) is 11.0. The van der Waals surface area contributed by atoms with Gasteiger partial charge in [0.25, 0.3) is 0 Å². The summed E-state index contributed by atoms with van der Waals surface area (Å²) in [6, 6.07) is 9.43. The van der Waals surface area contributed by atoms with E-state index >= 15 is 0 Å². The van der Waals surface area contributed by atoms with E-state index in [1.54, 1.807) is 0 Å². The second kappa shape index (κ2) is 6.66. The Bertz CT molecular complexity index is 373. The summed E-state index contributed by atoms with van der Waals surface area (Å²) < 4.78 is 5.56. The maximum Gasteiger partial charge on any atom is 0.176 e. The average molecular weight is 247 g/mol. The van der Waals surface area contributed by atoms with E-state index in [4.69, 9.17) is 4.74 Å². The molecule has 3 nitrogen and oxygen atoms in total. The molecule has 0 unspecified atom stereocenters. The molecule has 0 radical (unpaired) electrons. The fourth-order valence-corrected chi connectivity index (χ4v) is 1.79. The lowest BCUT2D eigenvalue weighted by molar-refractivity contribution is 0.0861. The number of Topliss-reactive ketones (excluding diaryl/α,β-unsaturated/α-hetero) is 1. The molecule has 0 aliphatic heterocycles. The number of ether oxygens (including phenoxy) is 1. The SMILES string of the molecule is CN(CCOCC1CC1)CC(=O)c1ccccc1. The van der Waals surface area contributed by atoms with Crippen molar-refractivity contribution in [2.24, 2.45) is 5.92 Å². The molecule has 1 aliphatic rings. The molecule has 0 bridgehead atoms. The molecular weight excluding hydrogens is 226 g/mol. The zero-order valence-corrected chi connectivity index (χ0v) is 11.0. The number of carbonyl (C=O) groups is 1. The van der Waals surface area contributed by atoms with E-state index in [9.17, 15) is 4.79 Å². The van der Waals surface area contributed by atoms with Crippen LogP contribution < -0.4 is 0 Å². The highest BCUT2D eigenvalue weighted by Gasteiger charge is 2.21. The van der Waals surface area contributed by atoms with Crippen molar-refractivity contribution in [3.05, 3.63) is 35.9 Å². The molecule has 1 fully saturated rings. The third-order valence-corrected chi connectivity index (χ3v) is 3.18. The Labute approximate surface area is 109 Å². The summed E-state index contributed by atoms with van der Waals surface area (Å²) in [4.78, 5) is 13.9. The van der Waals surface area contributed by atoms with E-state index in [2.05, 4.69) is 0 Å². The lowest BCUT2D eigenvalue weighted by Gasteiger charge is -2.15. The number of hydrogen-bond donors (Lipinski definition) is 0. The van der Waals surface area contributed by atoms with Crippen LogP contribution in [0.15, 0.2) is 30.3 Å².